The van der Waals surface area contributed by atoms with E-state index in [1.807, 2.05) is 34.9 Å². The molecule has 0 saturated heterocycles. The quantitative estimate of drug-likeness (QED) is 0.494. The highest BCUT2D eigenvalue weighted by atomic mass is 16.5. The minimum Gasteiger partial charge on any atom is -0.497 e. The fourth-order valence-electron chi connectivity index (χ4n) is 5.70. The number of rotatable bonds is 5. The number of nitrogens with two attached hydrogens (primary N) is 1. The lowest BCUT2D eigenvalue weighted by molar-refractivity contribution is 0.0816. The molecule has 0 radical (unpaired) electrons. The Bertz CT molecular complexity index is 1320. The molecule has 1 amide bonds. The van der Waals surface area contributed by atoms with Crippen molar-refractivity contribution >= 4 is 28.4 Å². The first-order valence-corrected chi connectivity index (χ1v) is 12.3. The lowest BCUT2D eigenvalue weighted by Crippen LogP contribution is -2.31. The number of carbonyl (C=O) groups excluding carboxylic acids is 2. The van der Waals surface area contributed by atoms with Gasteiger partial charge in [-0.1, -0.05) is 19.9 Å². The summed E-state index contributed by atoms with van der Waals surface area (Å²) in [5.41, 5.74) is 10.4. The second kappa shape index (κ2) is 8.72. The van der Waals surface area contributed by atoms with E-state index in [9.17, 15) is 14.7 Å². The summed E-state index contributed by atoms with van der Waals surface area (Å²) in [6, 6.07) is 11.6. The Morgan fingerprint density at radius 1 is 1.11 bits per heavy atom. The Hall–Kier alpha value is -3.32. The zero-order valence-corrected chi connectivity index (χ0v) is 20.6. The first kappa shape index (κ1) is 23.4. The van der Waals surface area contributed by atoms with E-state index in [1.54, 1.807) is 13.2 Å². The van der Waals surface area contributed by atoms with Crippen LogP contribution in [0.4, 0.5) is 5.69 Å². The third kappa shape index (κ3) is 4.29. The van der Waals surface area contributed by atoms with Gasteiger partial charge >= 0.3 is 0 Å². The average Bonchev–Trinajstić information content (AvgIpc) is 3.12. The fraction of sp³-hybridized carbons (Fsp3) is 0.429. The van der Waals surface area contributed by atoms with E-state index in [-0.39, 0.29) is 23.5 Å². The minimum absolute atomic E-state index is 0.0885. The fourth-order valence-corrected chi connectivity index (χ4v) is 5.70. The Morgan fingerprint density at radius 2 is 1.86 bits per heavy atom. The Morgan fingerprint density at radius 3 is 2.54 bits per heavy atom. The molecular weight excluding hydrogens is 442 g/mol. The molecule has 5 rings (SSSR count). The molecule has 1 saturated carbocycles. The van der Waals surface area contributed by atoms with Crippen LogP contribution in [0, 0.1) is 5.41 Å². The van der Waals surface area contributed by atoms with Gasteiger partial charge < -0.3 is 20.9 Å². The number of hydrogen-bond acceptors (Lipinski definition) is 5. The number of nitrogens with one attached hydrogen (secondary N) is 1. The number of fused-ring (bicyclic) bond motifs is 3. The van der Waals surface area contributed by atoms with Gasteiger partial charge in [-0.15, -0.1) is 0 Å². The molecule has 2 heterocycles. The van der Waals surface area contributed by atoms with E-state index in [0.717, 1.165) is 65.6 Å². The van der Waals surface area contributed by atoms with Crippen molar-refractivity contribution in [3.8, 4) is 16.9 Å². The van der Waals surface area contributed by atoms with Crippen LogP contribution in [0.1, 0.15) is 66.8 Å². The third-order valence-corrected chi connectivity index (χ3v) is 7.43. The minimum atomic E-state index is -0.489. The summed E-state index contributed by atoms with van der Waals surface area (Å²) in [4.78, 5) is 25.5. The van der Waals surface area contributed by atoms with E-state index in [0.29, 0.717) is 17.7 Å². The maximum atomic E-state index is 13.3. The molecular formula is C28H33N3O4. The normalized spacial score (nSPS) is 21.5. The van der Waals surface area contributed by atoms with Crippen LogP contribution in [0.2, 0.25) is 0 Å². The molecule has 0 unspecified atom stereocenters. The number of carbonyl (C=O) groups is 2. The number of amides is 1. The van der Waals surface area contributed by atoms with Gasteiger partial charge in [0.05, 0.1) is 24.3 Å². The number of aromatic nitrogens is 1. The van der Waals surface area contributed by atoms with Crippen molar-refractivity contribution in [3.05, 3.63) is 47.7 Å². The van der Waals surface area contributed by atoms with Gasteiger partial charge in [0.1, 0.15) is 5.75 Å². The van der Waals surface area contributed by atoms with Crippen LogP contribution in [0.25, 0.3) is 22.0 Å². The second-order valence-electron chi connectivity index (χ2n) is 10.7. The lowest BCUT2D eigenvalue weighted by atomic mass is 9.80. The predicted molar refractivity (Wildman–Crippen MR) is 137 cm³/mol. The number of hydrogen-bond donors (Lipinski definition) is 3. The van der Waals surface area contributed by atoms with Gasteiger partial charge in [-0.3, -0.25) is 14.2 Å². The van der Waals surface area contributed by atoms with E-state index >= 15 is 0 Å². The van der Waals surface area contributed by atoms with Crippen molar-refractivity contribution in [1.82, 2.24) is 4.57 Å². The molecule has 7 heteroatoms. The summed E-state index contributed by atoms with van der Waals surface area (Å²) in [5, 5.41) is 14.3. The van der Waals surface area contributed by atoms with Gasteiger partial charge in [0.25, 0.3) is 5.91 Å². The van der Waals surface area contributed by atoms with Gasteiger partial charge in [0, 0.05) is 34.8 Å². The van der Waals surface area contributed by atoms with Gasteiger partial charge in [-0.2, -0.15) is 0 Å². The molecule has 0 bridgehead atoms. The maximum absolute atomic E-state index is 13.3. The van der Waals surface area contributed by atoms with Crippen LogP contribution in [0.5, 0.6) is 5.75 Å². The van der Waals surface area contributed by atoms with E-state index in [4.69, 9.17) is 10.5 Å². The largest absolute Gasteiger partial charge is 0.497 e. The number of aliphatic hydroxyl groups is 1. The first-order valence-electron chi connectivity index (χ1n) is 12.3. The lowest BCUT2D eigenvalue weighted by Gasteiger charge is -2.31. The van der Waals surface area contributed by atoms with Crippen molar-refractivity contribution in [2.45, 2.75) is 64.5 Å². The van der Waals surface area contributed by atoms with Crippen LogP contribution < -0.4 is 15.8 Å². The van der Waals surface area contributed by atoms with Crippen LogP contribution in [-0.4, -0.2) is 40.7 Å². The summed E-state index contributed by atoms with van der Waals surface area (Å²) in [6.07, 6.45) is 4.10. The molecule has 4 N–H and O–H groups in total. The summed E-state index contributed by atoms with van der Waals surface area (Å²) in [5.74, 6) is 0.323. The molecule has 0 atom stereocenters. The smallest absolute Gasteiger partial charge is 0.250 e. The molecule has 1 aromatic heterocycles. The monoisotopic (exact) mass is 475 g/mol. The van der Waals surface area contributed by atoms with E-state index in [1.165, 1.54) is 0 Å². The van der Waals surface area contributed by atoms with Crippen molar-refractivity contribution < 1.29 is 19.4 Å². The number of nitrogens with zero attached hydrogens (tertiary/aromatic N) is 1. The maximum Gasteiger partial charge on any atom is 0.250 e. The first-order chi connectivity index (χ1) is 16.7. The molecule has 1 aliphatic carbocycles. The van der Waals surface area contributed by atoms with Gasteiger partial charge in [0.15, 0.2) is 0 Å². The van der Waals surface area contributed by atoms with Crippen molar-refractivity contribution in [3.63, 3.8) is 0 Å². The van der Waals surface area contributed by atoms with E-state index in [2.05, 4.69) is 19.2 Å². The molecule has 184 valence electrons. The SMILES string of the molecule is COc1ccc2c(c1)c(-c1ccc(C(N)=O)c(N[C@H]3CC[C@H](O)CC3)c1)c1n2C(=O)CC(C)(C)C1. The summed E-state index contributed by atoms with van der Waals surface area (Å²) in [6.45, 7) is 4.24. The van der Waals surface area contributed by atoms with Gasteiger partial charge in [-0.05, 0) is 73.4 Å². The molecule has 1 fully saturated rings. The molecule has 1 aliphatic heterocycles. The number of benzene rings is 2. The Labute approximate surface area is 205 Å². The molecule has 35 heavy (non-hydrogen) atoms. The zero-order valence-electron chi connectivity index (χ0n) is 20.6. The van der Waals surface area contributed by atoms with Gasteiger partial charge in [-0.25, -0.2) is 0 Å². The van der Waals surface area contributed by atoms with Crippen LogP contribution in [0.3, 0.4) is 0 Å². The van der Waals surface area contributed by atoms with E-state index < -0.39 is 5.91 Å². The van der Waals surface area contributed by atoms with Crippen LogP contribution in [-0.2, 0) is 6.42 Å². The van der Waals surface area contributed by atoms with Crippen molar-refractivity contribution in [2.24, 2.45) is 11.1 Å². The third-order valence-electron chi connectivity index (χ3n) is 7.43. The van der Waals surface area contributed by atoms with Gasteiger partial charge in [0.2, 0.25) is 5.91 Å². The Balaban J connectivity index is 1.68. The number of aliphatic hydroxyl groups excluding tert-OH is 1. The highest BCUT2D eigenvalue weighted by Crippen LogP contribution is 2.44. The second-order valence-corrected chi connectivity index (χ2v) is 10.7. The van der Waals surface area contributed by atoms with Crippen molar-refractivity contribution in [1.29, 1.82) is 0 Å². The molecule has 0 spiro atoms. The molecule has 2 aliphatic rings. The van der Waals surface area contributed by atoms with Crippen molar-refractivity contribution in [2.75, 3.05) is 12.4 Å². The molecule has 3 aromatic rings. The molecule has 2 aromatic carbocycles. The standard InChI is InChI=1S/C28H33N3O4/c1-28(2)14-24-26(21-13-19(35-3)9-11-23(21)31(24)25(33)15-28)16-4-10-20(27(29)34)22(12-16)30-17-5-7-18(32)8-6-17/h4,9-13,17-18,30,32H,5-8,14-15H2,1-3H3,(H2,29,34)/t17-,18-. The zero-order chi connectivity index (χ0) is 24.9. The Kier molecular flexibility index (Phi) is 5.83. The summed E-state index contributed by atoms with van der Waals surface area (Å²) < 4.78 is 7.36. The predicted octanol–water partition coefficient (Wildman–Crippen LogP) is 4.74. The van der Waals surface area contributed by atoms with Crippen LogP contribution in [0.15, 0.2) is 36.4 Å². The number of anilines is 1. The number of ether oxygens (including phenoxy) is 1. The highest BCUT2D eigenvalue weighted by molar-refractivity contribution is 6.06. The topological polar surface area (TPSA) is 107 Å². The average molecular weight is 476 g/mol. The molecule has 7 nitrogen and oxygen atoms in total. The summed E-state index contributed by atoms with van der Waals surface area (Å²) >= 11 is 0. The van der Waals surface area contributed by atoms with Crippen LogP contribution >= 0.6 is 0 Å². The highest BCUT2D eigenvalue weighted by Gasteiger charge is 2.35. The number of primary amides is 1. The summed E-state index contributed by atoms with van der Waals surface area (Å²) in [7, 11) is 1.63. The number of methoxy groups -OCH3 is 1.